The molecule has 2 saturated carbocycles. The Kier molecular flexibility index (Phi) is 4.20. The van der Waals surface area contributed by atoms with Crippen molar-refractivity contribution in [1.82, 2.24) is 10.6 Å². The van der Waals surface area contributed by atoms with Gasteiger partial charge >= 0.3 is 0 Å². The van der Waals surface area contributed by atoms with Gasteiger partial charge in [0.1, 0.15) is 6.04 Å². The Labute approximate surface area is 129 Å². The van der Waals surface area contributed by atoms with E-state index in [9.17, 15) is 14.7 Å². The lowest BCUT2D eigenvalue weighted by Gasteiger charge is -2.31. The number of rotatable bonds is 5. The summed E-state index contributed by atoms with van der Waals surface area (Å²) in [5.41, 5.74) is 0. The van der Waals surface area contributed by atoms with E-state index in [0.717, 1.165) is 19.3 Å². The van der Waals surface area contributed by atoms with Crippen LogP contribution in [0.1, 0.15) is 36.7 Å². The molecule has 2 aliphatic carbocycles. The highest BCUT2D eigenvalue weighted by Gasteiger charge is 2.47. The maximum Gasteiger partial charge on any atom is 0.287 e. The minimum Gasteiger partial charge on any atom is -0.459 e. The zero-order valence-electron chi connectivity index (χ0n) is 12.6. The van der Waals surface area contributed by atoms with Crippen LogP contribution in [0.5, 0.6) is 0 Å². The molecule has 6 nitrogen and oxygen atoms in total. The van der Waals surface area contributed by atoms with Crippen LogP contribution >= 0.6 is 0 Å². The zero-order chi connectivity index (χ0) is 15.7. The molecule has 6 heteroatoms. The van der Waals surface area contributed by atoms with E-state index in [1.807, 2.05) is 0 Å². The Bertz CT molecular complexity index is 542. The first-order valence-electron chi connectivity index (χ1n) is 7.85. The van der Waals surface area contributed by atoms with E-state index >= 15 is 0 Å². The third-order valence-corrected chi connectivity index (χ3v) is 5.09. The van der Waals surface area contributed by atoms with Gasteiger partial charge < -0.3 is 20.2 Å². The predicted molar refractivity (Wildman–Crippen MR) is 79.0 cm³/mol. The minimum absolute atomic E-state index is 0.0271. The quantitative estimate of drug-likeness (QED) is 0.754. The highest BCUT2D eigenvalue weighted by Crippen LogP contribution is 2.48. The number of carbonyl (C=O) groups is 2. The number of amides is 2. The van der Waals surface area contributed by atoms with Gasteiger partial charge in [0.25, 0.3) is 5.91 Å². The van der Waals surface area contributed by atoms with Gasteiger partial charge in [-0.15, -0.1) is 0 Å². The summed E-state index contributed by atoms with van der Waals surface area (Å²) in [6.07, 6.45) is 4.76. The summed E-state index contributed by atoms with van der Waals surface area (Å²) < 4.78 is 5.01. The molecule has 1 aromatic heterocycles. The molecule has 0 radical (unpaired) electrons. The lowest BCUT2D eigenvalue weighted by atomic mass is 9.85. The van der Waals surface area contributed by atoms with E-state index in [2.05, 4.69) is 10.6 Å². The highest BCUT2D eigenvalue weighted by atomic mass is 16.3. The molecular weight excluding hydrogens is 284 g/mol. The second-order valence-corrected chi connectivity index (χ2v) is 6.39. The van der Waals surface area contributed by atoms with Gasteiger partial charge in [-0.2, -0.15) is 0 Å². The van der Waals surface area contributed by atoms with E-state index in [1.54, 1.807) is 19.1 Å². The van der Waals surface area contributed by atoms with Crippen molar-refractivity contribution in [2.75, 3.05) is 6.61 Å². The molecule has 2 fully saturated rings. The van der Waals surface area contributed by atoms with Crippen LogP contribution in [-0.4, -0.2) is 35.6 Å². The van der Waals surface area contributed by atoms with Crippen LogP contribution in [-0.2, 0) is 4.79 Å². The second kappa shape index (κ2) is 6.12. The maximum atomic E-state index is 12.3. The number of nitrogens with one attached hydrogen (secondary N) is 2. The molecule has 1 aromatic rings. The molecule has 0 saturated heterocycles. The van der Waals surface area contributed by atoms with Crippen LogP contribution in [0.4, 0.5) is 0 Å². The van der Waals surface area contributed by atoms with Crippen LogP contribution in [0.25, 0.3) is 0 Å². The summed E-state index contributed by atoms with van der Waals surface area (Å²) in [7, 11) is 0. The van der Waals surface area contributed by atoms with Crippen molar-refractivity contribution in [2.45, 2.75) is 38.3 Å². The molecule has 1 heterocycles. The summed E-state index contributed by atoms with van der Waals surface area (Å²) in [5, 5.41) is 15.2. The first-order valence-corrected chi connectivity index (χ1v) is 7.85. The lowest BCUT2D eigenvalue weighted by Crippen LogP contribution is -2.52. The molecule has 22 heavy (non-hydrogen) atoms. The summed E-state index contributed by atoms with van der Waals surface area (Å²) in [6, 6.07) is 2.56. The normalized spacial score (nSPS) is 31.0. The maximum absolute atomic E-state index is 12.3. The Morgan fingerprint density at radius 3 is 2.86 bits per heavy atom. The molecule has 0 aliphatic heterocycles. The molecular formula is C16H22N2O4. The largest absolute Gasteiger partial charge is 0.459 e. The van der Waals surface area contributed by atoms with Crippen molar-refractivity contribution in [1.29, 1.82) is 0 Å². The number of hydrogen-bond acceptors (Lipinski definition) is 4. The number of furan rings is 1. The van der Waals surface area contributed by atoms with E-state index in [0.29, 0.717) is 11.8 Å². The summed E-state index contributed by atoms with van der Waals surface area (Å²) in [6.45, 7) is 1.76. The molecule has 5 atom stereocenters. The average molecular weight is 306 g/mol. The van der Waals surface area contributed by atoms with Crippen LogP contribution in [0, 0.1) is 17.8 Å². The number of aliphatic hydroxyl groups is 1. The fraction of sp³-hybridized carbons (Fsp3) is 0.625. The Hall–Kier alpha value is -1.82. The van der Waals surface area contributed by atoms with E-state index in [4.69, 9.17) is 4.42 Å². The lowest BCUT2D eigenvalue weighted by molar-refractivity contribution is -0.124. The summed E-state index contributed by atoms with van der Waals surface area (Å²) >= 11 is 0. The SMILES string of the molecule is CC(NC(=O)c1ccco1)C(=O)NC1C2CCC(C2)C1CO. The van der Waals surface area contributed by atoms with Crippen molar-refractivity contribution >= 4 is 11.8 Å². The smallest absolute Gasteiger partial charge is 0.287 e. The summed E-state index contributed by atoms with van der Waals surface area (Å²) in [5.74, 6) is 0.700. The van der Waals surface area contributed by atoms with Crippen molar-refractivity contribution in [3.8, 4) is 0 Å². The van der Waals surface area contributed by atoms with Crippen molar-refractivity contribution < 1.29 is 19.1 Å². The van der Waals surface area contributed by atoms with E-state index in [-0.39, 0.29) is 30.2 Å². The van der Waals surface area contributed by atoms with Crippen LogP contribution in [0.2, 0.25) is 0 Å². The van der Waals surface area contributed by atoms with Crippen molar-refractivity contribution in [3.63, 3.8) is 0 Å². The van der Waals surface area contributed by atoms with Gasteiger partial charge in [-0.05, 0) is 50.2 Å². The van der Waals surface area contributed by atoms with E-state index < -0.39 is 11.9 Å². The molecule has 2 amide bonds. The van der Waals surface area contributed by atoms with E-state index in [1.165, 1.54) is 6.26 Å². The fourth-order valence-electron chi connectivity index (χ4n) is 3.93. The van der Waals surface area contributed by atoms with Gasteiger partial charge in [0.2, 0.25) is 5.91 Å². The standard InChI is InChI=1S/C16H22N2O4/c1-9(17-16(21)13-3-2-6-22-13)15(20)18-14-11-5-4-10(7-11)12(14)8-19/h2-3,6,9-12,14,19H,4-5,7-8H2,1H3,(H,17,21)(H,18,20). The van der Waals surface area contributed by atoms with Crippen LogP contribution in [0.3, 0.4) is 0 Å². The molecule has 3 N–H and O–H groups in total. The van der Waals surface area contributed by atoms with Gasteiger partial charge in [-0.1, -0.05) is 0 Å². The highest BCUT2D eigenvalue weighted by molar-refractivity contribution is 5.95. The first-order chi connectivity index (χ1) is 10.6. The molecule has 0 spiro atoms. The Balaban J connectivity index is 1.56. The van der Waals surface area contributed by atoms with Crippen LogP contribution < -0.4 is 10.6 Å². The first kappa shape index (κ1) is 15.1. The summed E-state index contributed by atoms with van der Waals surface area (Å²) in [4.78, 5) is 24.2. The molecule has 0 aromatic carbocycles. The third kappa shape index (κ3) is 2.75. The van der Waals surface area contributed by atoms with Crippen molar-refractivity contribution in [2.24, 2.45) is 17.8 Å². The van der Waals surface area contributed by atoms with Crippen LogP contribution in [0.15, 0.2) is 22.8 Å². The van der Waals surface area contributed by atoms with Gasteiger partial charge in [-0.25, -0.2) is 0 Å². The molecule has 2 aliphatic rings. The van der Waals surface area contributed by atoms with Gasteiger partial charge in [0, 0.05) is 18.6 Å². The van der Waals surface area contributed by atoms with Gasteiger partial charge in [0.05, 0.1) is 6.26 Å². The zero-order valence-corrected chi connectivity index (χ0v) is 12.6. The molecule has 3 rings (SSSR count). The Morgan fingerprint density at radius 2 is 2.18 bits per heavy atom. The molecule has 2 bridgehead atoms. The number of carbonyl (C=O) groups excluding carboxylic acids is 2. The fourth-order valence-corrected chi connectivity index (χ4v) is 3.93. The molecule has 120 valence electrons. The average Bonchev–Trinajstić information content (AvgIpc) is 3.23. The number of fused-ring (bicyclic) bond motifs is 2. The molecule has 5 unspecified atom stereocenters. The Morgan fingerprint density at radius 1 is 1.41 bits per heavy atom. The topological polar surface area (TPSA) is 91.6 Å². The predicted octanol–water partition coefficient (Wildman–Crippen LogP) is 0.921. The number of hydrogen-bond donors (Lipinski definition) is 3. The third-order valence-electron chi connectivity index (χ3n) is 5.09. The van der Waals surface area contributed by atoms with Crippen molar-refractivity contribution in [3.05, 3.63) is 24.2 Å². The second-order valence-electron chi connectivity index (χ2n) is 6.39. The van der Waals surface area contributed by atoms with Gasteiger partial charge in [0.15, 0.2) is 5.76 Å². The van der Waals surface area contributed by atoms with Gasteiger partial charge in [-0.3, -0.25) is 9.59 Å². The monoisotopic (exact) mass is 306 g/mol. The minimum atomic E-state index is -0.643. The number of aliphatic hydroxyl groups excluding tert-OH is 1.